The maximum atomic E-state index is 12.5. The molecule has 0 atom stereocenters. The number of rotatable bonds is 12. The fourth-order valence-electron chi connectivity index (χ4n) is 6.69. The van der Waals surface area contributed by atoms with Gasteiger partial charge < -0.3 is 10.5 Å². The largest absolute Gasteiger partial charge is 0.488 e. The van der Waals surface area contributed by atoms with E-state index in [1.165, 1.54) is 0 Å². The molecular formula is C43H38N6O2. The lowest BCUT2D eigenvalue weighted by molar-refractivity contribution is 0.0994. The van der Waals surface area contributed by atoms with Crippen LogP contribution in [0.4, 0.5) is 0 Å². The van der Waals surface area contributed by atoms with E-state index in [-0.39, 0.29) is 6.61 Å². The molecule has 8 nitrogen and oxygen atoms in total. The van der Waals surface area contributed by atoms with Gasteiger partial charge in [-0.2, -0.15) is 0 Å². The van der Waals surface area contributed by atoms with Crippen LogP contribution in [-0.2, 0) is 25.0 Å². The molecule has 0 fully saturated rings. The lowest BCUT2D eigenvalue weighted by atomic mass is 9.77. The highest BCUT2D eigenvalue weighted by atomic mass is 16.5. The monoisotopic (exact) mass is 670 g/mol. The Kier molecular flexibility index (Phi) is 9.48. The number of nitrogens with two attached hydrogens (primary N) is 1. The van der Waals surface area contributed by atoms with E-state index in [1.54, 1.807) is 4.80 Å². The third kappa shape index (κ3) is 6.39. The smallest absolute Gasteiger partial charge is 0.254 e. The molecule has 0 radical (unpaired) electrons. The molecule has 0 spiro atoms. The van der Waals surface area contributed by atoms with Gasteiger partial charge in [0, 0.05) is 17.3 Å². The summed E-state index contributed by atoms with van der Waals surface area (Å²) in [5.41, 5.74) is 13.3. The molecule has 0 unspecified atom stereocenters. The van der Waals surface area contributed by atoms with Crippen LogP contribution in [0.15, 0.2) is 146 Å². The predicted molar refractivity (Wildman–Crippen MR) is 199 cm³/mol. The van der Waals surface area contributed by atoms with Crippen molar-refractivity contribution in [1.29, 1.82) is 0 Å². The summed E-state index contributed by atoms with van der Waals surface area (Å²) < 4.78 is 6.34. The topological polar surface area (TPSA) is 109 Å². The van der Waals surface area contributed by atoms with Gasteiger partial charge in [0.25, 0.3) is 5.91 Å². The Balaban J connectivity index is 1.37. The van der Waals surface area contributed by atoms with Crippen molar-refractivity contribution < 1.29 is 9.53 Å². The Bertz CT molecular complexity index is 2160. The molecule has 252 valence electrons. The number of amides is 1. The van der Waals surface area contributed by atoms with Gasteiger partial charge in [-0.25, -0.2) is 0 Å². The number of carbonyl (C=O) groups is 1. The Hall–Kier alpha value is -6.41. The van der Waals surface area contributed by atoms with Crippen LogP contribution in [0.1, 0.15) is 57.8 Å². The van der Waals surface area contributed by atoms with Crippen molar-refractivity contribution in [2.45, 2.75) is 38.8 Å². The molecule has 1 amide bonds. The van der Waals surface area contributed by atoms with Gasteiger partial charge in [0.1, 0.15) is 17.9 Å². The van der Waals surface area contributed by atoms with Crippen LogP contribution in [0.25, 0.3) is 22.5 Å². The first-order chi connectivity index (χ1) is 25.0. The average molecular weight is 671 g/mol. The molecule has 0 aliphatic carbocycles. The third-order valence-electron chi connectivity index (χ3n) is 9.15. The number of pyridine rings is 1. The highest BCUT2D eigenvalue weighted by molar-refractivity contribution is 5.96. The summed E-state index contributed by atoms with van der Waals surface area (Å²) in [7, 11) is 0. The second-order valence-corrected chi connectivity index (χ2v) is 12.3. The highest BCUT2D eigenvalue weighted by Crippen LogP contribution is 2.40. The van der Waals surface area contributed by atoms with Crippen molar-refractivity contribution in [3.8, 4) is 28.3 Å². The number of carbonyl (C=O) groups excluding carboxylic acids is 1. The van der Waals surface area contributed by atoms with Crippen molar-refractivity contribution in [2.75, 3.05) is 0 Å². The molecule has 2 aromatic heterocycles. The van der Waals surface area contributed by atoms with E-state index in [4.69, 9.17) is 25.9 Å². The number of nitrogens with zero attached hydrogens (tertiary/aromatic N) is 5. The van der Waals surface area contributed by atoms with Crippen LogP contribution in [0.5, 0.6) is 5.75 Å². The van der Waals surface area contributed by atoms with E-state index in [0.717, 1.165) is 44.6 Å². The minimum Gasteiger partial charge on any atom is -0.488 e. The SMILES string of the molecule is CCc1cc(OCc2ccc(-c3ccccc3)c(-c3nnn(C(c4ccccc4)(c4ccccc4)c4ccccc4)n3)c2)c(C(N)=O)c(CC)n1. The fraction of sp³-hybridized carbons (Fsp3) is 0.140. The minimum absolute atomic E-state index is 0.189. The quantitative estimate of drug-likeness (QED) is 0.132. The van der Waals surface area contributed by atoms with Crippen LogP contribution in [-0.4, -0.2) is 31.1 Å². The van der Waals surface area contributed by atoms with Crippen molar-refractivity contribution in [3.05, 3.63) is 185 Å². The molecule has 0 saturated heterocycles. The molecule has 0 aliphatic heterocycles. The van der Waals surface area contributed by atoms with Crippen LogP contribution in [0, 0.1) is 0 Å². The van der Waals surface area contributed by atoms with Crippen molar-refractivity contribution in [2.24, 2.45) is 5.73 Å². The second-order valence-electron chi connectivity index (χ2n) is 12.3. The van der Waals surface area contributed by atoms with Gasteiger partial charge in [0.05, 0.1) is 5.69 Å². The molecule has 7 aromatic rings. The number of benzene rings is 5. The molecule has 8 heteroatoms. The molecular weight excluding hydrogens is 633 g/mol. The molecule has 2 N–H and O–H groups in total. The van der Waals surface area contributed by atoms with Gasteiger partial charge in [-0.15, -0.1) is 15.0 Å². The van der Waals surface area contributed by atoms with Crippen molar-refractivity contribution >= 4 is 5.91 Å². The van der Waals surface area contributed by atoms with Crippen molar-refractivity contribution in [3.63, 3.8) is 0 Å². The standard InChI is InChI=1S/C43H38N6O2/c1-3-35-28-39(40(41(44)50)38(4-2)45-35)51-29-30-25-26-36(31-17-9-5-10-18-31)37(27-30)42-46-48-49(47-42)43(32-19-11-6-12-20-32,33-21-13-7-14-22-33)34-23-15-8-16-24-34/h5-28H,3-4,29H2,1-2H3,(H2,44,50). The highest BCUT2D eigenvalue weighted by Gasteiger charge is 2.41. The summed E-state index contributed by atoms with van der Waals surface area (Å²) in [6.45, 7) is 4.16. The van der Waals surface area contributed by atoms with E-state index in [1.807, 2.05) is 105 Å². The summed E-state index contributed by atoms with van der Waals surface area (Å²) >= 11 is 0. The normalized spacial score (nSPS) is 11.3. The molecule has 7 rings (SSSR count). The zero-order valence-corrected chi connectivity index (χ0v) is 28.6. The molecule has 51 heavy (non-hydrogen) atoms. The van der Waals surface area contributed by atoms with Crippen molar-refractivity contribution in [1.82, 2.24) is 25.2 Å². The van der Waals surface area contributed by atoms with Gasteiger partial charge >= 0.3 is 0 Å². The van der Waals surface area contributed by atoms with Gasteiger partial charge in [0.15, 0.2) is 5.54 Å². The molecule has 5 aromatic carbocycles. The van der Waals surface area contributed by atoms with Crippen LogP contribution < -0.4 is 10.5 Å². The average Bonchev–Trinajstić information content (AvgIpc) is 3.69. The maximum absolute atomic E-state index is 12.5. The first-order valence-electron chi connectivity index (χ1n) is 17.1. The van der Waals surface area contributed by atoms with Gasteiger partial charge in [-0.1, -0.05) is 147 Å². The number of tetrazole rings is 1. The zero-order chi connectivity index (χ0) is 35.2. The summed E-state index contributed by atoms with van der Waals surface area (Å²) in [6.07, 6.45) is 1.27. The van der Waals surface area contributed by atoms with E-state index >= 15 is 0 Å². The van der Waals surface area contributed by atoms with Crippen LogP contribution in [0.3, 0.4) is 0 Å². The van der Waals surface area contributed by atoms with E-state index in [2.05, 4.69) is 59.6 Å². The van der Waals surface area contributed by atoms with Gasteiger partial charge in [0.2, 0.25) is 5.82 Å². The number of hydrogen-bond donors (Lipinski definition) is 1. The third-order valence-corrected chi connectivity index (χ3v) is 9.15. The fourth-order valence-corrected chi connectivity index (χ4v) is 6.69. The number of hydrogen-bond acceptors (Lipinski definition) is 6. The second kappa shape index (κ2) is 14.6. The summed E-state index contributed by atoms with van der Waals surface area (Å²) in [4.78, 5) is 18.9. The first kappa shape index (κ1) is 33.1. The Morgan fingerprint density at radius 1 is 0.706 bits per heavy atom. The number of ether oxygens (including phenoxy) is 1. The van der Waals surface area contributed by atoms with E-state index < -0.39 is 11.4 Å². The zero-order valence-electron chi connectivity index (χ0n) is 28.6. The summed E-state index contributed by atoms with van der Waals surface area (Å²) in [5, 5.41) is 14.7. The maximum Gasteiger partial charge on any atom is 0.254 e. The Labute approximate surface area is 297 Å². The lowest BCUT2D eigenvalue weighted by Gasteiger charge is -2.34. The lowest BCUT2D eigenvalue weighted by Crippen LogP contribution is -2.39. The Morgan fingerprint density at radius 2 is 1.27 bits per heavy atom. The van der Waals surface area contributed by atoms with Gasteiger partial charge in [-0.3, -0.25) is 9.78 Å². The molecule has 0 saturated carbocycles. The molecule has 2 heterocycles. The predicted octanol–water partition coefficient (Wildman–Crippen LogP) is 8.05. The summed E-state index contributed by atoms with van der Waals surface area (Å²) in [6, 6.07) is 48.9. The molecule has 0 aliphatic rings. The van der Waals surface area contributed by atoms with Gasteiger partial charge in [-0.05, 0) is 57.5 Å². The van der Waals surface area contributed by atoms with E-state index in [0.29, 0.717) is 35.7 Å². The van der Waals surface area contributed by atoms with Crippen LogP contribution in [0.2, 0.25) is 0 Å². The summed E-state index contributed by atoms with van der Waals surface area (Å²) in [5.74, 6) is 0.338. The minimum atomic E-state index is -0.914. The number of primary amides is 1. The van der Waals surface area contributed by atoms with E-state index in [9.17, 15) is 4.79 Å². The number of aryl methyl sites for hydroxylation is 2. The molecule has 0 bridgehead atoms. The number of aromatic nitrogens is 5. The Morgan fingerprint density at radius 3 is 1.80 bits per heavy atom. The first-order valence-corrected chi connectivity index (χ1v) is 17.1. The van der Waals surface area contributed by atoms with Crippen LogP contribution >= 0.6 is 0 Å².